The second-order valence-electron chi connectivity index (χ2n) is 7.05. The third kappa shape index (κ3) is 5.21. The second-order valence-corrected chi connectivity index (χ2v) is 8.36. The molecule has 30 heavy (non-hydrogen) atoms. The van der Waals surface area contributed by atoms with Gasteiger partial charge in [0, 0.05) is 13.1 Å². The smallest absolute Gasteiger partial charge is 0.262 e. The van der Waals surface area contributed by atoms with Gasteiger partial charge in [-0.15, -0.1) is 0 Å². The standard InChI is InChI=1S/C23H27N3O3S/c1-4-5-14-26-22(28)19-8-6-7-9-20(19)25-23(26)30-16(2)21(27)24-15-17-10-12-18(29-3)13-11-17/h6-13,16H,4-5,14-15H2,1-3H3,(H,24,27)/t16-/m1/s1. The molecule has 0 saturated heterocycles. The van der Waals surface area contributed by atoms with Gasteiger partial charge in [-0.05, 0) is 43.2 Å². The summed E-state index contributed by atoms with van der Waals surface area (Å²) in [7, 11) is 1.62. The summed E-state index contributed by atoms with van der Waals surface area (Å²) < 4.78 is 6.85. The number of hydrogen-bond donors (Lipinski definition) is 1. The Balaban J connectivity index is 1.74. The summed E-state index contributed by atoms with van der Waals surface area (Å²) in [5.74, 6) is 0.682. The first-order valence-corrected chi connectivity index (χ1v) is 11.0. The number of rotatable bonds is 9. The molecule has 0 fully saturated rings. The topological polar surface area (TPSA) is 73.2 Å². The average Bonchev–Trinajstić information content (AvgIpc) is 2.77. The normalized spacial score (nSPS) is 12.0. The molecule has 0 unspecified atom stereocenters. The molecule has 1 heterocycles. The fourth-order valence-corrected chi connectivity index (χ4v) is 4.00. The summed E-state index contributed by atoms with van der Waals surface area (Å²) >= 11 is 1.32. The van der Waals surface area contributed by atoms with Crippen molar-refractivity contribution < 1.29 is 9.53 Å². The van der Waals surface area contributed by atoms with Gasteiger partial charge in [-0.1, -0.05) is 49.4 Å². The first-order valence-electron chi connectivity index (χ1n) is 10.1. The number of amides is 1. The first-order chi connectivity index (χ1) is 14.5. The molecule has 0 saturated carbocycles. The number of carbonyl (C=O) groups is 1. The molecule has 1 amide bonds. The van der Waals surface area contributed by atoms with E-state index < -0.39 is 0 Å². The number of unbranched alkanes of at least 4 members (excludes halogenated alkanes) is 1. The molecule has 2 aromatic carbocycles. The Morgan fingerprint density at radius 3 is 2.63 bits per heavy atom. The van der Waals surface area contributed by atoms with E-state index in [1.165, 1.54) is 11.8 Å². The number of aromatic nitrogens is 2. The number of nitrogens with one attached hydrogen (secondary N) is 1. The van der Waals surface area contributed by atoms with Gasteiger partial charge in [0.2, 0.25) is 5.91 Å². The van der Waals surface area contributed by atoms with E-state index in [4.69, 9.17) is 4.74 Å². The van der Waals surface area contributed by atoms with Gasteiger partial charge in [0.1, 0.15) is 5.75 Å². The zero-order valence-corrected chi connectivity index (χ0v) is 18.4. The van der Waals surface area contributed by atoms with E-state index in [9.17, 15) is 9.59 Å². The number of ether oxygens (including phenoxy) is 1. The molecule has 0 spiro atoms. The number of nitrogens with zero attached hydrogens (tertiary/aromatic N) is 2. The van der Waals surface area contributed by atoms with E-state index in [1.54, 1.807) is 17.7 Å². The lowest BCUT2D eigenvalue weighted by Gasteiger charge is -2.16. The Hall–Kier alpha value is -2.80. The van der Waals surface area contributed by atoms with Crippen molar-refractivity contribution in [3.63, 3.8) is 0 Å². The highest BCUT2D eigenvalue weighted by Crippen LogP contribution is 2.23. The van der Waals surface area contributed by atoms with E-state index in [1.807, 2.05) is 49.4 Å². The van der Waals surface area contributed by atoms with Crippen molar-refractivity contribution in [1.29, 1.82) is 0 Å². The summed E-state index contributed by atoms with van der Waals surface area (Å²) in [6.45, 7) is 4.94. The molecule has 1 atom stereocenters. The average molecular weight is 426 g/mol. The zero-order chi connectivity index (χ0) is 21.5. The molecule has 1 N–H and O–H groups in total. The number of methoxy groups -OCH3 is 1. The molecule has 3 rings (SSSR count). The van der Waals surface area contributed by atoms with Gasteiger partial charge < -0.3 is 10.1 Å². The van der Waals surface area contributed by atoms with Crippen molar-refractivity contribution in [1.82, 2.24) is 14.9 Å². The number of thioether (sulfide) groups is 1. The Labute approximate surface area is 180 Å². The van der Waals surface area contributed by atoms with Gasteiger partial charge in [0.25, 0.3) is 5.56 Å². The highest BCUT2D eigenvalue weighted by Gasteiger charge is 2.19. The van der Waals surface area contributed by atoms with Crippen LogP contribution in [0.4, 0.5) is 0 Å². The first kappa shape index (κ1) is 21.9. The minimum Gasteiger partial charge on any atom is -0.497 e. The van der Waals surface area contributed by atoms with Crippen LogP contribution in [-0.4, -0.2) is 27.8 Å². The highest BCUT2D eigenvalue weighted by molar-refractivity contribution is 8.00. The van der Waals surface area contributed by atoms with Crippen molar-refractivity contribution in [3.05, 3.63) is 64.4 Å². The van der Waals surface area contributed by atoms with E-state index in [0.717, 1.165) is 24.2 Å². The molecule has 0 aliphatic heterocycles. The summed E-state index contributed by atoms with van der Waals surface area (Å²) in [4.78, 5) is 30.3. The second kappa shape index (κ2) is 10.3. The van der Waals surface area contributed by atoms with Crippen molar-refractivity contribution in [2.45, 2.75) is 50.2 Å². The van der Waals surface area contributed by atoms with Crippen LogP contribution in [0.15, 0.2) is 58.5 Å². The molecule has 1 aromatic heterocycles. The maximum atomic E-state index is 13.0. The summed E-state index contributed by atoms with van der Waals surface area (Å²) in [5, 5.41) is 3.76. The molecule has 0 bridgehead atoms. The molecule has 6 nitrogen and oxygen atoms in total. The van der Waals surface area contributed by atoms with Crippen molar-refractivity contribution in [3.8, 4) is 5.75 Å². The van der Waals surface area contributed by atoms with Gasteiger partial charge >= 0.3 is 0 Å². The molecule has 0 radical (unpaired) electrons. The quantitative estimate of drug-likeness (QED) is 0.414. The third-order valence-electron chi connectivity index (χ3n) is 4.84. The number of fused-ring (bicyclic) bond motifs is 1. The lowest BCUT2D eigenvalue weighted by molar-refractivity contribution is -0.120. The predicted molar refractivity (Wildman–Crippen MR) is 121 cm³/mol. The molecule has 0 aliphatic carbocycles. The summed E-state index contributed by atoms with van der Waals surface area (Å²) in [6, 6.07) is 14.9. The monoisotopic (exact) mass is 425 g/mol. The van der Waals surface area contributed by atoms with Gasteiger partial charge in [-0.2, -0.15) is 0 Å². The fourth-order valence-electron chi connectivity index (χ4n) is 3.04. The zero-order valence-electron chi connectivity index (χ0n) is 17.6. The van der Waals surface area contributed by atoms with Crippen molar-refractivity contribution in [2.75, 3.05) is 7.11 Å². The molecule has 7 heteroatoms. The van der Waals surface area contributed by atoms with Crippen LogP contribution in [0.1, 0.15) is 32.3 Å². The van der Waals surface area contributed by atoms with E-state index in [2.05, 4.69) is 17.2 Å². The number of para-hydroxylation sites is 1. The molecular formula is C23H27N3O3S. The fraction of sp³-hybridized carbons (Fsp3) is 0.348. The Morgan fingerprint density at radius 1 is 1.20 bits per heavy atom. The maximum Gasteiger partial charge on any atom is 0.262 e. The van der Waals surface area contributed by atoms with Crippen LogP contribution in [-0.2, 0) is 17.9 Å². The maximum absolute atomic E-state index is 13.0. The predicted octanol–water partition coefficient (Wildman–Crippen LogP) is 4.00. The lowest BCUT2D eigenvalue weighted by Crippen LogP contribution is -2.31. The van der Waals surface area contributed by atoms with Crippen LogP contribution >= 0.6 is 11.8 Å². The SMILES string of the molecule is CCCCn1c(S[C@H](C)C(=O)NCc2ccc(OC)cc2)nc2ccccc2c1=O. The number of hydrogen-bond acceptors (Lipinski definition) is 5. The third-order valence-corrected chi connectivity index (χ3v) is 5.93. The van der Waals surface area contributed by atoms with Crippen LogP contribution in [0.3, 0.4) is 0 Å². The van der Waals surface area contributed by atoms with Gasteiger partial charge in [0.15, 0.2) is 5.16 Å². The van der Waals surface area contributed by atoms with Crippen LogP contribution in [0.5, 0.6) is 5.75 Å². The van der Waals surface area contributed by atoms with Crippen LogP contribution in [0, 0.1) is 0 Å². The number of carbonyl (C=O) groups excluding carboxylic acids is 1. The minimum absolute atomic E-state index is 0.0533. The highest BCUT2D eigenvalue weighted by atomic mass is 32.2. The summed E-state index contributed by atoms with van der Waals surface area (Å²) in [6.07, 6.45) is 1.85. The Morgan fingerprint density at radius 2 is 1.93 bits per heavy atom. The molecule has 158 valence electrons. The van der Waals surface area contributed by atoms with Crippen LogP contribution in [0.2, 0.25) is 0 Å². The van der Waals surface area contributed by atoms with E-state index in [0.29, 0.717) is 29.1 Å². The lowest BCUT2D eigenvalue weighted by atomic mass is 10.2. The minimum atomic E-state index is -0.385. The Kier molecular flexibility index (Phi) is 7.52. The van der Waals surface area contributed by atoms with Crippen LogP contribution < -0.4 is 15.6 Å². The van der Waals surface area contributed by atoms with Gasteiger partial charge in [-0.25, -0.2) is 4.98 Å². The molecular weight excluding hydrogens is 398 g/mol. The largest absolute Gasteiger partial charge is 0.497 e. The molecule has 3 aromatic rings. The number of benzene rings is 2. The van der Waals surface area contributed by atoms with E-state index >= 15 is 0 Å². The summed E-state index contributed by atoms with van der Waals surface area (Å²) in [5.41, 5.74) is 1.59. The van der Waals surface area contributed by atoms with Crippen molar-refractivity contribution in [2.24, 2.45) is 0 Å². The van der Waals surface area contributed by atoms with Gasteiger partial charge in [-0.3, -0.25) is 14.2 Å². The Bertz CT molecular complexity index is 1060. The van der Waals surface area contributed by atoms with Crippen LogP contribution in [0.25, 0.3) is 10.9 Å². The molecule has 0 aliphatic rings. The van der Waals surface area contributed by atoms with Gasteiger partial charge in [0.05, 0.1) is 23.3 Å². The van der Waals surface area contributed by atoms with E-state index in [-0.39, 0.29) is 16.7 Å². The van der Waals surface area contributed by atoms with Crippen molar-refractivity contribution >= 4 is 28.6 Å².